The summed E-state index contributed by atoms with van der Waals surface area (Å²) in [5.74, 6) is -0.472. The fraction of sp³-hybridized carbons (Fsp3) is 0.571. The first-order valence-corrected chi connectivity index (χ1v) is 7.04. The molecule has 1 aromatic heterocycles. The topological polar surface area (TPSA) is 86.8 Å². The van der Waals surface area contributed by atoms with E-state index in [1.54, 1.807) is 0 Å². The molecule has 0 aromatic carbocycles. The van der Waals surface area contributed by atoms with Crippen LogP contribution in [-0.2, 0) is 20.8 Å². The van der Waals surface area contributed by atoms with Gasteiger partial charge in [-0.15, -0.1) is 0 Å². The second-order valence-electron chi connectivity index (χ2n) is 5.00. The van der Waals surface area contributed by atoms with Crippen molar-refractivity contribution in [1.29, 1.82) is 0 Å². The minimum absolute atomic E-state index is 0.111. The first-order valence-electron chi connectivity index (χ1n) is 7.04. The van der Waals surface area contributed by atoms with Gasteiger partial charge >= 0.3 is 5.97 Å². The summed E-state index contributed by atoms with van der Waals surface area (Å²) in [5.41, 5.74) is 5.73. The Morgan fingerprint density at radius 3 is 3.10 bits per heavy atom. The molecule has 116 valence electrons. The predicted octanol–water partition coefficient (Wildman–Crippen LogP) is -0.306. The second-order valence-corrected chi connectivity index (χ2v) is 5.00. The number of anilines is 1. The lowest BCUT2D eigenvalue weighted by atomic mass is 10.3. The molecule has 7 heteroatoms. The summed E-state index contributed by atoms with van der Waals surface area (Å²) >= 11 is 0. The summed E-state index contributed by atoms with van der Waals surface area (Å²) in [7, 11) is 0. The van der Waals surface area contributed by atoms with E-state index in [-0.39, 0.29) is 24.8 Å². The van der Waals surface area contributed by atoms with Crippen LogP contribution in [0.1, 0.15) is 6.92 Å². The number of nitrogen functional groups attached to an aromatic ring is 1. The molecule has 1 saturated heterocycles. The quantitative estimate of drug-likeness (QED) is 0.750. The number of carbonyl (C=O) groups is 1. The molecule has 1 aliphatic heterocycles. The standard InChI is InChI=1S/C14H21N3O4/c1-2-16-5-6-20-12(8-16)10-21-14(19)9-17-7-11(15)3-4-13(17)18/h3-4,7,12H,2,5-6,8-10,15H2,1H3. The van der Waals surface area contributed by atoms with E-state index in [2.05, 4.69) is 11.8 Å². The number of hydrogen-bond acceptors (Lipinski definition) is 6. The number of rotatable bonds is 5. The summed E-state index contributed by atoms with van der Waals surface area (Å²) < 4.78 is 12.0. The molecule has 2 rings (SSSR count). The number of nitrogens with two attached hydrogens (primary N) is 1. The van der Waals surface area contributed by atoms with Crippen LogP contribution in [0.25, 0.3) is 0 Å². The van der Waals surface area contributed by atoms with Gasteiger partial charge < -0.3 is 19.8 Å². The van der Waals surface area contributed by atoms with Crippen molar-refractivity contribution >= 4 is 11.7 Å². The Labute approximate surface area is 123 Å². The third-order valence-corrected chi connectivity index (χ3v) is 3.41. The van der Waals surface area contributed by atoms with Gasteiger partial charge in [0, 0.05) is 31.0 Å². The molecule has 1 fully saturated rings. The van der Waals surface area contributed by atoms with Crippen LogP contribution in [0.15, 0.2) is 23.1 Å². The Bertz CT molecular complexity index is 543. The number of hydrogen-bond donors (Lipinski definition) is 1. The van der Waals surface area contributed by atoms with E-state index in [1.165, 1.54) is 22.9 Å². The Hall–Kier alpha value is -1.86. The monoisotopic (exact) mass is 295 g/mol. The van der Waals surface area contributed by atoms with Gasteiger partial charge in [-0.1, -0.05) is 6.92 Å². The fourth-order valence-corrected chi connectivity index (χ4v) is 2.21. The summed E-state index contributed by atoms with van der Waals surface area (Å²) in [6, 6.07) is 2.82. The highest BCUT2D eigenvalue weighted by Crippen LogP contribution is 2.05. The van der Waals surface area contributed by atoms with E-state index in [9.17, 15) is 9.59 Å². The average Bonchev–Trinajstić information content (AvgIpc) is 2.49. The molecule has 21 heavy (non-hydrogen) atoms. The highest BCUT2D eigenvalue weighted by atomic mass is 16.6. The number of morpholine rings is 1. The first kappa shape index (κ1) is 15.5. The van der Waals surface area contributed by atoms with Crippen LogP contribution >= 0.6 is 0 Å². The lowest BCUT2D eigenvalue weighted by Crippen LogP contribution is -2.44. The molecule has 1 atom stereocenters. The van der Waals surface area contributed by atoms with Gasteiger partial charge in [0.15, 0.2) is 0 Å². The zero-order valence-corrected chi connectivity index (χ0v) is 12.2. The largest absolute Gasteiger partial charge is 0.462 e. The van der Waals surface area contributed by atoms with Crippen molar-refractivity contribution in [3.8, 4) is 0 Å². The summed E-state index contributed by atoms with van der Waals surface area (Å²) in [5, 5.41) is 0. The molecular weight excluding hydrogens is 274 g/mol. The average molecular weight is 295 g/mol. The van der Waals surface area contributed by atoms with Crippen molar-refractivity contribution in [2.75, 3.05) is 38.6 Å². The van der Waals surface area contributed by atoms with E-state index in [4.69, 9.17) is 15.2 Å². The third-order valence-electron chi connectivity index (χ3n) is 3.41. The number of pyridine rings is 1. The number of nitrogens with zero attached hydrogens (tertiary/aromatic N) is 2. The maximum absolute atomic E-state index is 11.8. The van der Waals surface area contributed by atoms with Gasteiger partial charge in [0.2, 0.25) is 0 Å². The van der Waals surface area contributed by atoms with Gasteiger partial charge in [0.05, 0.1) is 6.61 Å². The number of ether oxygens (including phenoxy) is 2. The predicted molar refractivity (Wildman–Crippen MR) is 77.9 cm³/mol. The van der Waals surface area contributed by atoms with E-state index < -0.39 is 5.97 Å². The molecule has 0 radical (unpaired) electrons. The molecular formula is C14H21N3O4. The molecule has 0 spiro atoms. The summed E-state index contributed by atoms with van der Waals surface area (Å²) in [6.07, 6.45) is 1.32. The molecule has 0 amide bonds. The number of esters is 1. The Balaban J connectivity index is 1.82. The van der Waals surface area contributed by atoms with Gasteiger partial charge in [0.25, 0.3) is 5.56 Å². The van der Waals surface area contributed by atoms with Crippen LogP contribution in [0.4, 0.5) is 5.69 Å². The van der Waals surface area contributed by atoms with Crippen LogP contribution in [0.3, 0.4) is 0 Å². The summed E-state index contributed by atoms with van der Waals surface area (Å²) in [4.78, 5) is 25.6. The minimum atomic E-state index is -0.472. The van der Waals surface area contributed by atoms with Crippen LogP contribution in [0, 0.1) is 0 Å². The van der Waals surface area contributed by atoms with Crippen LogP contribution in [-0.4, -0.2) is 54.4 Å². The lowest BCUT2D eigenvalue weighted by Gasteiger charge is -2.31. The molecule has 2 heterocycles. The number of aromatic nitrogens is 1. The lowest BCUT2D eigenvalue weighted by molar-refractivity contribution is -0.151. The van der Waals surface area contributed by atoms with Gasteiger partial charge in [-0.25, -0.2) is 0 Å². The fourth-order valence-electron chi connectivity index (χ4n) is 2.21. The van der Waals surface area contributed by atoms with E-state index in [1.807, 2.05) is 0 Å². The molecule has 0 saturated carbocycles. The number of likely N-dealkylation sites (N-methyl/N-ethyl adjacent to an activating group) is 1. The van der Waals surface area contributed by atoms with Crippen molar-refractivity contribution in [3.05, 3.63) is 28.7 Å². The van der Waals surface area contributed by atoms with Crippen molar-refractivity contribution < 1.29 is 14.3 Å². The minimum Gasteiger partial charge on any atom is -0.462 e. The Kier molecular flexibility index (Phi) is 5.35. The molecule has 1 unspecified atom stereocenters. The van der Waals surface area contributed by atoms with Gasteiger partial charge in [-0.3, -0.25) is 14.5 Å². The molecule has 7 nitrogen and oxygen atoms in total. The van der Waals surface area contributed by atoms with Crippen LogP contribution < -0.4 is 11.3 Å². The van der Waals surface area contributed by atoms with Gasteiger partial charge in [-0.2, -0.15) is 0 Å². The highest BCUT2D eigenvalue weighted by Gasteiger charge is 2.20. The molecule has 0 bridgehead atoms. The van der Waals surface area contributed by atoms with E-state index >= 15 is 0 Å². The Morgan fingerprint density at radius 1 is 1.52 bits per heavy atom. The highest BCUT2D eigenvalue weighted by molar-refractivity contribution is 5.69. The maximum Gasteiger partial charge on any atom is 0.326 e. The maximum atomic E-state index is 11.8. The third kappa shape index (κ3) is 4.57. The van der Waals surface area contributed by atoms with Gasteiger partial charge in [-0.05, 0) is 12.6 Å². The normalized spacial score (nSPS) is 19.4. The van der Waals surface area contributed by atoms with Crippen LogP contribution in [0.5, 0.6) is 0 Å². The first-order chi connectivity index (χ1) is 10.1. The molecule has 2 N–H and O–H groups in total. The molecule has 1 aromatic rings. The van der Waals surface area contributed by atoms with Crippen molar-refractivity contribution in [2.45, 2.75) is 19.6 Å². The smallest absolute Gasteiger partial charge is 0.326 e. The number of carbonyl (C=O) groups excluding carboxylic acids is 1. The zero-order valence-electron chi connectivity index (χ0n) is 12.2. The van der Waals surface area contributed by atoms with E-state index in [0.29, 0.717) is 12.3 Å². The zero-order chi connectivity index (χ0) is 15.2. The second kappa shape index (κ2) is 7.24. The van der Waals surface area contributed by atoms with Crippen molar-refractivity contribution in [3.63, 3.8) is 0 Å². The van der Waals surface area contributed by atoms with Crippen molar-refractivity contribution in [1.82, 2.24) is 9.47 Å². The van der Waals surface area contributed by atoms with Crippen LogP contribution in [0.2, 0.25) is 0 Å². The van der Waals surface area contributed by atoms with Gasteiger partial charge in [0.1, 0.15) is 19.3 Å². The SMILES string of the molecule is CCN1CCOC(COC(=O)Cn2cc(N)ccc2=O)C1. The Morgan fingerprint density at radius 2 is 2.33 bits per heavy atom. The van der Waals surface area contributed by atoms with E-state index in [0.717, 1.165) is 19.6 Å². The summed E-state index contributed by atoms with van der Waals surface area (Å²) in [6.45, 7) is 5.39. The molecule has 1 aliphatic rings. The van der Waals surface area contributed by atoms with Crippen molar-refractivity contribution in [2.24, 2.45) is 0 Å². The molecule has 0 aliphatic carbocycles.